The Labute approximate surface area is 138 Å². The highest BCUT2D eigenvalue weighted by atomic mass is 32.1. The number of anilines is 1. The second-order valence-corrected chi connectivity index (χ2v) is 8.92. The van der Waals surface area contributed by atoms with Crippen LogP contribution in [-0.4, -0.2) is 11.7 Å². The van der Waals surface area contributed by atoms with Gasteiger partial charge in [0.15, 0.2) is 0 Å². The molecular weight excluding hydrogens is 294 g/mol. The lowest BCUT2D eigenvalue weighted by Gasteiger charge is -2.36. The van der Waals surface area contributed by atoms with Crippen molar-refractivity contribution in [1.82, 2.24) is 0 Å². The van der Waals surface area contributed by atoms with Gasteiger partial charge in [0.25, 0.3) is 0 Å². The quantitative estimate of drug-likeness (QED) is 0.782. The molecule has 0 radical (unpaired) electrons. The van der Waals surface area contributed by atoms with Gasteiger partial charge >= 0.3 is 6.09 Å². The summed E-state index contributed by atoms with van der Waals surface area (Å²) in [5.41, 5.74) is 2.19. The van der Waals surface area contributed by atoms with Crippen LogP contribution in [0.4, 0.5) is 10.5 Å². The molecule has 1 aromatic heterocycles. The van der Waals surface area contributed by atoms with Crippen LogP contribution in [0.3, 0.4) is 0 Å². The predicted octanol–water partition coefficient (Wildman–Crippen LogP) is 5.64. The number of ether oxygens (including phenoxy) is 1. The molecule has 0 saturated carbocycles. The number of amides is 1. The van der Waals surface area contributed by atoms with Gasteiger partial charge in [-0.05, 0) is 56.9 Å². The van der Waals surface area contributed by atoms with E-state index in [1.165, 1.54) is 23.3 Å². The number of hydrogen-bond acceptors (Lipinski definition) is 3. The maximum Gasteiger partial charge on any atom is 0.412 e. The molecule has 1 atom stereocenters. The van der Waals surface area contributed by atoms with Crippen molar-refractivity contribution in [3.05, 3.63) is 15.8 Å². The number of thiophene rings is 1. The summed E-state index contributed by atoms with van der Waals surface area (Å²) in [7, 11) is 0. The number of fused-ring (bicyclic) bond motifs is 1. The molecule has 1 N–H and O–H groups in total. The van der Waals surface area contributed by atoms with E-state index >= 15 is 0 Å². The van der Waals surface area contributed by atoms with Crippen molar-refractivity contribution in [1.29, 1.82) is 0 Å². The molecule has 0 aromatic carbocycles. The molecule has 2 rings (SSSR count). The van der Waals surface area contributed by atoms with E-state index in [2.05, 4.69) is 31.5 Å². The Kier molecular flexibility index (Phi) is 4.90. The van der Waals surface area contributed by atoms with E-state index < -0.39 is 5.60 Å². The number of nitrogens with one attached hydrogen (secondary N) is 1. The fourth-order valence-corrected chi connectivity index (χ4v) is 4.10. The minimum Gasteiger partial charge on any atom is -0.444 e. The highest BCUT2D eigenvalue weighted by Gasteiger charge is 2.33. The van der Waals surface area contributed by atoms with E-state index in [1.54, 1.807) is 11.3 Å². The summed E-state index contributed by atoms with van der Waals surface area (Å²) in [5, 5.41) is 4.99. The Hall–Kier alpha value is -1.03. The van der Waals surface area contributed by atoms with Gasteiger partial charge < -0.3 is 4.74 Å². The molecule has 0 aliphatic heterocycles. The molecule has 1 heterocycles. The van der Waals surface area contributed by atoms with Crippen LogP contribution >= 0.6 is 11.3 Å². The SMILES string of the molecule is CCC(C)(C)C1CCc2c(NC(=O)OC(C)(C)C)csc2C1. The van der Waals surface area contributed by atoms with E-state index in [0.717, 1.165) is 24.4 Å². The molecule has 1 unspecified atom stereocenters. The summed E-state index contributed by atoms with van der Waals surface area (Å²) < 4.78 is 5.35. The molecular formula is C18H29NO2S. The van der Waals surface area contributed by atoms with Crippen LogP contribution in [0.5, 0.6) is 0 Å². The first-order valence-corrected chi connectivity index (χ1v) is 9.09. The molecule has 0 spiro atoms. The molecule has 4 heteroatoms. The third-order valence-corrected chi connectivity index (χ3v) is 5.86. The fraction of sp³-hybridized carbons (Fsp3) is 0.722. The zero-order chi connectivity index (χ0) is 16.5. The van der Waals surface area contributed by atoms with Crippen LogP contribution in [0.2, 0.25) is 0 Å². The third kappa shape index (κ3) is 4.03. The highest BCUT2D eigenvalue weighted by Crippen LogP contribution is 2.43. The maximum absolute atomic E-state index is 12.0. The summed E-state index contributed by atoms with van der Waals surface area (Å²) >= 11 is 1.77. The topological polar surface area (TPSA) is 38.3 Å². The monoisotopic (exact) mass is 323 g/mol. The Balaban J connectivity index is 2.07. The molecule has 22 heavy (non-hydrogen) atoms. The van der Waals surface area contributed by atoms with Crippen molar-refractivity contribution in [2.75, 3.05) is 5.32 Å². The molecule has 0 saturated heterocycles. The smallest absolute Gasteiger partial charge is 0.412 e. The van der Waals surface area contributed by atoms with Gasteiger partial charge in [0, 0.05) is 10.3 Å². The molecule has 3 nitrogen and oxygen atoms in total. The van der Waals surface area contributed by atoms with Gasteiger partial charge in [-0.15, -0.1) is 11.3 Å². The van der Waals surface area contributed by atoms with Crippen LogP contribution in [0, 0.1) is 11.3 Å². The maximum atomic E-state index is 12.0. The van der Waals surface area contributed by atoms with E-state index in [0.29, 0.717) is 5.41 Å². The zero-order valence-corrected chi connectivity index (χ0v) is 15.5. The van der Waals surface area contributed by atoms with Gasteiger partial charge in [0.1, 0.15) is 5.60 Å². The third-order valence-electron chi connectivity index (χ3n) is 4.81. The second kappa shape index (κ2) is 6.23. The van der Waals surface area contributed by atoms with Crippen molar-refractivity contribution in [2.45, 2.75) is 72.8 Å². The minimum absolute atomic E-state index is 0.357. The van der Waals surface area contributed by atoms with Gasteiger partial charge in [-0.2, -0.15) is 0 Å². The molecule has 0 bridgehead atoms. The Morgan fingerprint density at radius 3 is 2.64 bits per heavy atom. The average Bonchev–Trinajstić information content (AvgIpc) is 2.79. The predicted molar refractivity (Wildman–Crippen MR) is 93.8 cm³/mol. The number of hydrogen-bond donors (Lipinski definition) is 1. The first kappa shape index (κ1) is 17.3. The molecule has 1 amide bonds. The van der Waals surface area contributed by atoms with Crippen LogP contribution in [0.15, 0.2) is 5.38 Å². The number of rotatable bonds is 3. The van der Waals surface area contributed by atoms with Crippen LogP contribution in [-0.2, 0) is 17.6 Å². The van der Waals surface area contributed by atoms with Crippen molar-refractivity contribution in [3.8, 4) is 0 Å². The Morgan fingerprint density at radius 2 is 2.05 bits per heavy atom. The average molecular weight is 324 g/mol. The molecule has 0 fully saturated rings. The van der Waals surface area contributed by atoms with Crippen LogP contribution < -0.4 is 5.32 Å². The van der Waals surface area contributed by atoms with E-state index in [1.807, 2.05) is 20.8 Å². The first-order chi connectivity index (χ1) is 10.1. The normalized spacial score (nSPS) is 18.7. The molecule has 124 valence electrons. The van der Waals surface area contributed by atoms with Crippen molar-refractivity contribution in [3.63, 3.8) is 0 Å². The standard InChI is InChI=1S/C18H29NO2S/c1-7-18(5,6)12-8-9-13-14(11-22-15(13)10-12)19-16(20)21-17(2,3)4/h11-12H,7-10H2,1-6H3,(H,19,20). The first-order valence-electron chi connectivity index (χ1n) is 8.21. The Bertz CT molecular complexity index is 540. The van der Waals surface area contributed by atoms with Crippen molar-refractivity contribution >= 4 is 23.1 Å². The summed E-state index contributed by atoms with van der Waals surface area (Å²) in [5.74, 6) is 0.734. The summed E-state index contributed by atoms with van der Waals surface area (Å²) in [6.45, 7) is 12.7. The van der Waals surface area contributed by atoms with E-state index in [4.69, 9.17) is 4.74 Å². The lowest BCUT2D eigenvalue weighted by molar-refractivity contribution is 0.0635. The summed E-state index contributed by atoms with van der Waals surface area (Å²) in [6.07, 6.45) is 4.24. The van der Waals surface area contributed by atoms with Gasteiger partial charge in [-0.3, -0.25) is 5.32 Å². The van der Waals surface area contributed by atoms with Gasteiger partial charge in [0.05, 0.1) is 5.69 Å². The number of carbonyl (C=O) groups excluding carboxylic acids is 1. The van der Waals surface area contributed by atoms with Crippen LogP contribution in [0.25, 0.3) is 0 Å². The summed E-state index contributed by atoms with van der Waals surface area (Å²) in [6, 6.07) is 0. The second-order valence-electron chi connectivity index (χ2n) is 7.96. The van der Waals surface area contributed by atoms with E-state index in [-0.39, 0.29) is 6.09 Å². The van der Waals surface area contributed by atoms with Crippen molar-refractivity contribution < 1.29 is 9.53 Å². The van der Waals surface area contributed by atoms with Crippen LogP contribution in [0.1, 0.15) is 64.8 Å². The van der Waals surface area contributed by atoms with Gasteiger partial charge in [-0.25, -0.2) is 4.79 Å². The largest absolute Gasteiger partial charge is 0.444 e. The molecule has 1 aliphatic rings. The lowest BCUT2D eigenvalue weighted by atomic mass is 9.70. The number of carbonyl (C=O) groups is 1. The lowest BCUT2D eigenvalue weighted by Crippen LogP contribution is -2.29. The van der Waals surface area contributed by atoms with Gasteiger partial charge in [0.2, 0.25) is 0 Å². The highest BCUT2D eigenvalue weighted by molar-refractivity contribution is 7.10. The Morgan fingerprint density at radius 1 is 1.36 bits per heavy atom. The minimum atomic E-state index is -0.462. The van der Waals surface area contributed by atoms with Gasteiger partial charge in [-0.1, -0.05) is 27.2 Å². The molecule has 1 aliphatic carbocycles. The van der Waals surface area contributed by atoms with E-state index in [9.17, 15) is 4.79 Å². The fourth-order valence-electron chi connectivity index (χ4n) is 2.99. The zero-order valence-electron chi connectivity index (χ0n) is 14.7. The van der Waals surface area contributed by atoms with Crippen molar-refractivity contribution in [2.24, 2.45) is 11.3 Å². The molecule has 1 aromatic rings. The summed E-state index contributed by atoms with van der Waals surface area (Å²) in [4.78, 5) is 13.4.